The maximum Gasteiger partial charge on any atom is 0.494 e. The van der Waals surface area contributed by atoms with Gasteiger partial charge < -0.3 is 14.6 Å². The lowest BCUT2D eigenvalue weighted by Gasteiger charge is -2.32. The van der Waals surface area contributed by atoms with Crippen molar-refractivity contribution in [3.63, 3.8) is 0 Å². The molecule has 1 atom stereocenters. The molecule has 0 radical (unpaired) electrons. The Morgan fingerprint density at radius 3 is 2.35 bits per heavy atom. The second-order valence-electron chi connectivity index (χ2n) is 5.75. The molecule has 0 aromatic heterocycles. The van der Waals surface area contributed by atoms with Crippen LogP contribution in [0.25, 0.3) is 0 Å². The topological polar surface area (TPSA) is 30.5 Å². The summed E-state index contributed by atoms with van der Waals surface area (Å²) in [5, 5.41) is 1.94. The van der Waals surface area contributed by atoms with E-state index in [0.717, 1.165) is 0 Å². The highest BCUT2D eigenvalue weighted by atomic mass is 16.7. The summed E-state index contributed by atoms with van der Waals surface area (Å²) in [7, 11) is -1.25. The standard InChI is InChI=1S/C16H24BNO2/c1-15(2)16(3,4)20-17(19-15)13-9-7-12(8-10-13)14-6-5-11-18-14/h7-10,14,18H,5-6,11H2,1-4H3/i5D2,6D2,7D,8D,9D,10D,11D2,14D. The Kier molecular flexibility index (Phi) is 1.49. The van der Waals surface area contributed by atoms with E-state index in [2.05, 4.69) is 0 Å². The first-order chi connectivity index (χ1) is 13.7. The molecule has 108 valence electrons. The first-order valence-electron chi connectivity index (χ1n) is 11.9. The van der Waals surface area contributed by atoms with E-state index in [-0.39, 0.29) is 5.46 Å². The Hall–Kier alpha value is -0.835. The van der Waals surface area contributed by atoms with Crippen LogP contribution in [0.15, 0.2) is 24.2 Å². The fourth-order valence-electron chi connectivity index (χ4n) is 1.87. The molecule has 0 aliphatic carbocycles. The highest BCUT2D eigenvalue weighted by Crippen LogP contribution is 2.36. The van der Waals surface area contributed by atoms with Gasteiger partial charge in [0.05, 0.1) is 18.1 Å². The molecule has 2 heterocycles. The van der Waals surface area contributed by atoms with E-state index in [0.29, 0.717) is 0 Å². The zero-order valence-electron chi connectivity index (χ0n) is 22.9. The second-order valence-corrected chi connectivity index (χ2v) is 5.75. The molecule has 0 amide bonds. The van der Waals surface area contributed by atoms with Gasteiger partial charge in [-0.2, -0.15) is 0 Å². The van der Waals surface area contributed by atoms with Crippen LogP contribution in [0.4, 0.5) is 0 Å². The Morgan fingerprint density at radius 2 is 1.85 bits per heavy atom. The smallest absolute Gasteiger partial charge is 0.399 e. The molecule has 2 aliphatic heterocycles. The van der Waals surface area contributed by atoms with Crippen molar-refractivity contribution in [2.75, 3.05) is 6.50 Å². The van der Waals surface area contributed by atoms with Crippen molar-refractivity contribution >= 4 is 12.6 Å². The molecule has 3 nitrogen and oxygen atoms in total. The van der Waals surface area contributed by atoms with Gasteiger partial charge in [-0.3, -0.25) is 0 Å². The Morgan fingerprint density at radius 1 is 1.25 bits per heavy atom. The van der Waals surface area contributed by atoms with Crippen LogP contribution < -0.4 is 10.8 Å². The SMILES string of the molecule is [2H]c1c([2H])c(C2([2H])NC([2H])([2H])C([2H])([2H])C2([2H])[2H])c([2H])c([2H])c1B1OC(C)(C)C(C)(C)O1. The van der Waals surface area contributed by atoms with Crippen molar-refractivity contribution in [3.05, 3.63) is 29.7 Å². The summed E-state index contributed by atoms with van der Waals surface area (Å²) in [6.45, 7) is 3.98. The normalized spacial score (nSPS) is 47.2. The van der Waals surface area contributed by atoms with Crippen LogP contribution in [0.3, 0.4) is 0 Å². The minimum Gasteiger partial charge on any atom is -0.399 e. The molecule has 0 bridgehead atoms. The van der Waals surface area contributed by atoms with Gasteiger partial charge in [0.2, 0.25) is 0 Å². The molecule has 2 aliphatic rings. The zero-order valence-corrected chi connectivity index (χ0v) is 11.9. The van der Waals surface area contributed by atoms with Gasteiger partial charge in [0.1, 0.15) is 0 Å². The maximum atomic E-state index is 8.58. The molecule has 2 fully saturated rings. The summed E-state index contributed by atoms with van der Waals surface area (Å²) in [5.41, 5.74) is -2.68. The molecule has 0 spiro atoms. The number of nitrogens with one attached hydrogen (secondary N) is 1. The fourth-order valence-corrected chi connectivity index (χ4v) is 1.87. The van der Waals surface area contributed by atoms with E-state index in [1.165, 1.54) is 0 Å². The Bertz CT molecular complexity index is 907. The van der Waals surface area contributed by atoms with Crippen LogP contribution in [-0.4, -0.2) is 24.8 Å². The third-order valence-corrected chi connectivity index (χ3v) is 3.82. The van der Waals surface area contributed by atoms with E-state index in [1.54, 1.807) is 27.7 Å². The molecular weight excluding hydrogens is 249 g/mol. The van der Waals surface area contributed by atoms with E-state index < -0.39 is 73.3 Å². The predicted molar refractivity (Wildman–Crippen MR) is 82.1 cm³/mol. The first-order valence-corrected chi connectivity index (χ1v) is 6.42. The van der Waals surface area contributed by atoms with Crippen LogP contribution in [0, 0.1) is 0 Å². The lowest BCUT2D eigenvalue weighted by molar-refractivity contribution is 0.00578. The average Bonchev–Trinajstić information content (AvgIpc) is 2.84. The molecule has 20 heavy (non-hydrogen) atoms. The molecule has 1 N–H and O–H groups in total. The fraction of sp³-hybridized carbons (Fsp3) is 0.625. The second kappa shape index (κ2) is 4.87. The third kappa shape index (κ3) is 2.41. The average molecular weight is 284 g/mol. The van der Waals surface area contributed by atoms with Crippen molar-refractivity contribution in [1.82, 2.24) is 5.32 Å². The van der Waals surface area contributed by atoms with Gasteiger partial charge >= 0.3 is 7.12 Å². The molecule has 1 aromatic rings. The van der Waals surface area contributed by atoms with Crippen LogP contribution in [0.2, 0.25) is 0 Å². The Balaban J connectivity index is 2.24. The molecule has 1 aromatic carbocycles. The van der Waals surface area contributed by atoms with Crippen molar-refractivity contribution in [2.24, 2.45) is 0 Å². The first kappa shape index (κ1) is 6.11. The molecular formula is C16H24BNO2. The molecule has 2 saturated heterocycles. The third-order valence-electron chi connectivity index (χ3n) is 3.82. The van der Waals surface area contributed by atoms with Gasteiger partial charge in [-0.15, -0.1) is 0 Å². The van der Waals surface area contributed by atoms with Gasteiger partial charge in [0.25, 0.3) is 0 Å². The lowest BCUT2D eigenvalue weighted by atomic mass is 9.78. The van der Waals surface area contributed by atoms with Crippen LogP contribution >= 0.6 is 0 Å². The zero-order chi connectivity index (χ0) is 24.2. The number of hydrogen-bond donors (Lipinski definition) is 1. The highest BCUT2D eigenvalue weighted by Gasteiger charge is 2.51. The maximum absolute atomic E-state index is 8.58. The monoisotopic (exact) mass is 284 g/mol. The number of benzene rings is 1. The molecule has 3 rings (SSSR count). The summed E-state index contributed by atoms with van der Waals surface area (Å²) in [6, 6.07) is -5.80. The molecule has 1 unspecified atom stereocenters. The summed E-state index contributed by atoms with van der Waals surface area (Å²) in [4.78, 5) is 0. The molecule has 4 heteroatoms. The van der Waals surface area contributed by atoms with Gasteiger partial charge in [-0.1, -0.05) is 24.2 Å². The van der Waals surface area contributed by atoms with Crippen molar-refractivity contribution in [1.29, 1.82) is 0 Å². The predicted octanol–water partition coefficient (Wildman–Crippen LogP) is 2.41. The van der Waals surface area contributed by atoms with E-state index in [9.17, 15) is 0 Å². The largest absolute Gasteiger partial charge is 0.494 e. The minimum absolute atomic E-state index is 0.231. The number of rotatable bonds is 2. The van der Waals surface area contributed by atoms with Crippen molar-refractivity contribution in [3.8, 4) is 0 Å². The Labute approximate surface area is 137 Å². The van der Waals surface area contributed by atoms with Gasteiger partial charge in [0, 0.05) is 14.2 Å². The highest BCUT2D eigenvalue weighted by molar-refractivity contribution is 6.62. The van der Waals surface area contributed by atoms with Crippen molar-refractivity contribution < 1.29 is 24.4 Å². The molecule has 0 saturated carbocycles. The summed E-state index contributed by atoms with van der Waals surface area (Å²) >= 11 is 0. The number of hydrogen-bond acceptors (Lipinski definition) is 3. The van der Waals surface area contributed by atoms with Crippen LogP contribution in [-0.2, 0) is 9.31 Å². The van der Waals surface area contributed by atoms with E-state index >= 15 is 0 Å². The summed E-state index contributed by atoms with van der Waals surface area (Å²) < 4.78 is 102. The van der Waals surface area contributed by atoms with Crippen LogP contribution in [0.5, 0.6) is 0 Å². The minimum atomic E-state index is -3.24. The quantitative estimate of drug-likeness (QED) is 0.846. The van der Waals surface area contributed by atoms with E-state index in [4.69, 9.17) is 24.4 Å². The lowest BCUT2D eigenvalue weighted by Crippen LogP contribution is -2.41. The van der Waals surface area contributed by atoms with Gasteiger partial charge in [-0.25, -0.2) is 0 Å². The van der Waals surface area contributed by atoms with E-state index in [1.807, 2.05) is 5.32 Å². The summed E-state index contributed by atoms with van der Waals surface area (Å²) in [6.07, 6.45) is -6.44. The summed E-state index contributed by atoms with van der Waals surface area (Å²) in [5.74, 6) is 0. The van der Waals surface area contributed by atoms with Gasteiger partial charge in [-0.05, 0) is 58.0 Å². The van der Waals surface area contributed by atoms with Crippen LogP contribution in [0.1, 0.15) is 67.1 Å². The van der Waals surface area contributed by atoms with Gasteiger partial charge in [0.15, 0.2) is 0 Å². The van der Waals surface area contributed by atoms with Crippen molar-refractivity contribution in [2.45, 2.75) is 57.7 Å².